The van der Waals surface area contributed by atoms with Crippen LogP contribution in [0.15, 0.2) is 11.7 Å². The fourth-order valence-electron chi connectivity index (χ4n) is 1.94. The summed E-state index contributed by atoms with van der Waals surface area (Å²) in [5, 5.41) is 18.8. The number of aliphatic hydroxyl groups excluding tert-OH is 2. The molecule has 0 aliphatic carbocycles. The summed E-state index contributed by atoms with van der Waals surface area (Å²) in [5.41, 5.74) is 1.83. The fourth-order valence-corrected chi connectivity index (χ4v) is 2.58. The highest BCUT2D eigenvalue weighted by molar-refractivity contribution is 7.09. The number of thiazole rings is 1. The van der Waals surface area contributed by atoms with E-state index in [4.69, 9.17) is 5.11 Å². The van der Waals surface area contributed by atoms with Crippen molar-refractivity contribution in [1.82, 2.24) is 9.88 Å². The SMILES string of the molecule is OC[C@H]1CCN(Cc2cncs2)C[C@@H]1O. The largest absolute Gasteiger partial charge is 0.396 e. The number of aromatic nitrogens is 1. The summed E-state index contributed by atoms with van der Waals surface area (Å²) in [4.78, 5) is 7.47. The molecule has 1 aliphatic heterocycles. The molecule has 2 rings (SSSR count). The van der Waals surface area contributed by atoms with E-state index in [1.807, 2.05) is 11.7 Å². The quantitative estimate of drug-likeness (QED) is 0.782. The molecule has 4 nitrogen and oxygen atoms in total. The zero-order valence-corrected chi connectivity index (χ0v) is 9.36. The van der Waals surface area contributed by atoms with Gasteiger partial charge in [0.15, 0.2) is 0 Å². The van der Waals surface area contributed by atoms with E-state index in [1.54, 1.807) is 11.3 Å². The van der Waals surface area contributed by atoms with Crippen LogP contribution in [0.1, 0.15) is 11.3 Å². The summed E-state index contributed by atoms with van der Waals surface area (Å²) in [6, 6.07) is 0. The van der Waals surface area contributed by atoms with Crippen LogP contribution in [-0.2, 0) is 6.54 Å². The minimum absolute atomic E-state index is 0.0581. The van der Waals surface area contributed by atoms with Crippen molar-refractivity contribution in [3.8, 4) is 0 Å². The van der Waals surface area contributed by atoms with E-state index in [0.717, 1.165) is 19.5 Å². The molecule has 0 spiro atoms. The zero-order chi connectivity index (χ0) is 10.7. The average Bonchev–Trinajstić information content (AvgIpc) is 2.71. The van der Waals surface area contributed by atoms with Gasteiger partial charge in [0, 0.05) is 36.7 Å². The Bertz CT molecular complexity index is 292. The monoisotopic (exact) mass is 228 g/mol. The van der Waals surface area contributed by atoms with Gasteiger partial charge in [0.2, 0.25) is 0 Å². The van der Waals surface area contributed by atoms with E-state index < -0.39 is 6.10 Å². The first-order chi connectivity index (χ1) is 7.29. The maximum atomic E-state index is 9.75. The normalized spacial score (nSPS) is 28.1. The maximum absolute atomic E-state index is 9.75. The van der Waals surface area contributed by atoms with Crippen LogP contribution in [0, 0.1) is 5.92 Å². The Hall–Kier alpha value is -0.490. The highest BCUT2D eigenvalue weighted by Crippen LogP contribution is 2.19. The van der Waals surface area contributed by atoms with Gasteiger partial charge in [-0.25, -0.2) is 0 Å². The van der Waals surface area contributed by atoms with Crippen molar-refractivity contribution in [1.29, 1.82) is 0 Å². The second-order valence-corrected chi connectivity index (χ2v) is 4.97. The third-order valence-corrected chi connectivity index (χ3v) is 3.67. The van der Waals surface area contributed by atoms with Crippen LogP contribution in [0.5, 0.6) is 0 Å². The third-order valence-electron chi connectivity index (χ3n) is 2.90. The van der Waals surface area contributed by atoms with Crippen LogP contribution in [0.3, 0.4) is 0 Å². The maximum Gasteiger partial charge on any atom is 0.0794 e. The molecule has 0 radical (unpaired) electrons. The molecule has 0 unspecified atom stereocenters. The number of hydrogen-bond donors (Lipinski definition) is 2. The number of nitrogens with zero attached hydrogens (tertiary/aromatic N) is 2. The summed E-state index contributed by atoms with van der Waals surface area (Å²) in [5.74, 6) is 0.0581. The Labute approximate surface area is 93.2 Å². The average molecular weight is 228 g/mol. The van der Waals surface area contributed by atoms with Crippen molar-refractivity contribution in [3.63, 3.8) is 0 Å². The second-order valence-electron chi connectivity index (χ2n) is 4.00. The van der Waals surface area contributed by atoms with Gasteiger partial charge in [-0.1, -0.05) is 0 Å². The standard InChI is InChI=1S/C10H16N2O2S/c13-6-8-1-2-12(5-10(8)14)4-9-3-11-7-15-9/h3,7-8,10,13-14H,1-2,4-6H2/t8-,10+/m1/s1. The van der Waals surface area contributed by atoms with Crippen LogP contribution in [0.4, 0.5) is 0 Å². The number of piperidine rings is 1. The van der Waals surface area contributed by atoms with Gasteiger partial charge in [-0.3, -0.25) is 9.88 Å². The Morgan fingerprint density at radius 2 is 2.47 bits per heavy atom. The molecule has 0 saturated carbocycles. The van der Waals surface area contributed by atoms with Gasteiger partial charge in [0.25, 0.3) is 0 Å². The van der Waals surface area contributed by atoms with Gasteiger partial charge in [-0.05, 0) is 13.0 Å². The predicted octanol–water partition coefficient (Wildman–Crippen LogP) is 0.318. The summed E-state index contributed by atoms with van der Waals surface area (Å²) in [7, 11) is 0. The molecule has 1 aromatic heterocycles. The van der Waals surface area contributed by atoms with Crippen molar-refractivity contribution in [2.24, 2.45) is 5.92 Å². The van der Waals surface area contributed by atoms with Crippen LogP contribution in [-0.4, -0.2) is 45.9 Å². The molecule has 2 N–H and O–H groups in total. The number of hydrogen-bond acceptors (Lipinski definition) is 5. The molecule has 5 heteroatoms. The third kappa shape index (κ3) is 2.75. The Morgan fingerprint density at radius 1 is 1.60 bits per heavy atom. The molecule has 0 amide bonds. The number of rotatable bonds is 3. The summed E-state index contributed by atoms with van der Waals surface area (Å²) in [6.07, 6.45) is 2.35. The molecule has 1 fully saturated rings. The second kappa shape index (κ2) is 5.03. The van der Waals surface area contributed by atoms with Crippen molar-refractivity contribution in [2.75, 3.05) is 19.7 Å². The van der Waals surface area contributed by atoms with Crippen molar-refractivity contribution >= 4 is 11.3 Å². The number of aliphatic hydroxyl groups is 2. The summed E-state index contributed by atoms with van der Waals surface area (Å²) < 4.78 is 0. The Morgan fingerprint density at radius 3 is 3.07 bits per heavy atom. The van der Waals surface area contributed by atoms with E-state index in [2.05, 4.69) is 9.88 Å². The minimum Gasteiger partial charge on any atom is -0.396 e. The summed E-state index contributed by atoms with van der Waals surface area (Å²) >= 11 is 1.64. The lowest BCUT2D eigenvalue weighted by Gasteiger charge is -2.34. The molecule has 2 heterocycles. The Balaban J connectivity index is 1.86. The highest BCUT2D eigenvalue weighted by atomic mass is 32.1. The minimum atomic E-state index is -0.392. The van der Waals surface area contributed by atoms with E-state index in [-0.39, 0.29) is 12.5 Å². The van der Waals surface area contributed by atoms with Crippen molar-refractivity contribution < 1.29 is 10.2 Å². The van der Waals surface area contributed by atoms with Gasteiger partial charge in [-0.15, -0.1) is 11.3 Å². The van der Waals surface area contributed by atoms with Crippen LogP contribution in [0.2, 0.25) is 0 Å². The van der Waals surface area contributed by atoms with E-state index in [0.29, 0.717) is 6.54 Å². The van der Waals surface area contributed by atoms with Gasteiger partial charge in [0.05, 0.1) is 11.6 Å². The first kappa shape index (κ1) is 11.0. The molecule has 0 aromatic carbocycles. The van der Waals surface area contributed by atoms with Crippen LogP contribution in [0.25, 0.3) is 0 Å². The molecular formula is C10H16N2O2S. The van der Waals surface area contributed by atoms with E-state index >= 15 is 0 Å². The topological polar surface area (TPSA) is 56.6 Å². The van der Waals surface area contributed by atoms with Gasteiger partial charge in [0.1, 0.15) is 0 Å². The lowest BCUT2D eigenvalue weighted by Crippen LogP contribution is -2.44. The molecule has 1 saturated heterocycles. The lowest BCUT2D eigenvalue weighted by atomic mass is 9.95. The van der Waals surface area contributed by atoms with E-state index in [9.17, 15) is 5.11 Å². The van der Waals surface area contributed by atoms with Crippen molar-refractivity contribution in [2.45, 2.75) is 19.1 Å². The summed E-state index contributed by atoms with van der Waals surface area (Å²) in [6.45, 7) is 2.55. The zero-order valence-electron chi connectivity index (χ0n) is 8.54. The molecular weight excluding hydrogens is 212 g/mol. The molecule has 15 heavy (non-hydrogen) atoms. The molecule has 1 aliphatic rings. The molecule has 1 aromatic rings. The Kier molecular flexibility index (Phi) is 3.69. The first-order valence-electron chi connectivity index (χ1n) is 5.18. The van der Waals surface area contributed by atoms with Crippen LogP contribution < -0.4 is 0 Å². The van der Waals surface area contributed by atoms with Gasteiger partial charge < -0.3 is 10.2 Å². The van der Waals surface area contributed by atoms with E-state index in [1.165, 1.54) is 4.88 Å². The fraction of sp³-hybridized carbons (Fsp3) is 0.700. The molecule has 84 valence electrons. The van der Waals surface area contributed by atoms with Crippen molar-refractivity contribution in [3.05, 3.63) is 16.6 Å². The molecule has 0 bridgehead atoms. The van der Waals surface area contributed by atoms with Gasteiger partial charge in [-0.2, -0.15) is 0 Å². The number of likely N-dealkylation sites (tertiary alicyclic amines) is 1. The number of β-amino-alcohol motifs (C(OH)–C–C–N with tert-alkyl or cyclic N) is 1. The van der Waals surface area contributed by atoms with Crippen LogP contribution >= 0.6 is 11.3 Å². The predicted molar refractivity (Wildman–Crippen MR) is 58.6 cm³/mol. The first-order valence-corrected chi connectivity index (χ1v) is 6.06. The molecule has 2 atom stereocenters. The highest BCUT2D eigenvalue weighted by Gasteiger charge is 2.26. The smallest absolute Gasteiger partial charge is 0.0794 e. The van der Waals surface area contributed by atoms with Gasteiger partial charge >= 0.3 is 0 Å². The lowest BCUT2D eigenvalue weighted by molar-refractivity contribution is -0.00416.